The maximum absolute atomic E-state index is 6.34. The number of para-hydroxylation sites is 1. The molecule has 0 bridgehead atoms. The molecule has 16 heavy (non-hydrogen) atoms. The van der Waals surface area contributed by atoms with Gasteiger partial charge in [-0.15, -0.1) is 11.6 Å². The summed E-state index contributed by atoms with van der Waals surface area (Å²) < 4.78 is 5.68. The number of halogens is 1. The lowest BCUT2D eigenvalue weighted by molar-refractivity contribution is 0.322. The van der Waals surface area contributed by atoms with Gasteiger partial charge in [0.15, 0.2) is 0 Å². The van der Waals surface area contributed by atoms with Gasteiger partial charge in [0.2, 0.25) is 0 Å². The van der Waals surface area contributed by atoms with Crippen LogP contribution >= 0.6 is 11.6 Å². The van der Waals surface area contributed by atoms with E-state index in [1.54, 1.807) is 0 Å². The first-order valence-corrected chi connectivity index (χ1v) is 6.64. The Morgan fingerprint density at radius 3 is 2.94 bits per heavy atom. The second-order valence-electron chi connectivity index (χ2n) is 4.98. The van der Waals surface area contributed by atoms with Gasteiger partial charge in [-0.05, 0) is 37.7 Å². The number of ether oxygens (including phenoxy) is 1. The van der Waals surface area contributed by atoms with E-state index in [9.17, 15) is 0 Å². The monoisotopic (exact) mass is 236 g/mol. The molecule has 1 nitrogen and oxygen atoms in total. The zero-order valence-corrected chi connectivity index (χ0v) is 10.1. The second kappa shape index (κ2) is 4.29. The molecule has 1 aromatic carbocycles. The molecule has 86 valence electrons. The van der Waals surface area contributed by atoms with E-state index in [0.29, 0.717) is 11.3 Å². The summed E-state index contributed by atoms with van der Waals surface area (Å²) in [6.07, 6.45) is 4.98. The molecule has 2 atom stereocenters. The molecule has 3 rings (SSSR count). The molecule has 0 saturated heterocycles. The number of hydrogen-bond acceptors (Lipinski definition) is 1. The van der Waals surface area contributed by atoms with E-state index in [0.717, 1.165) is 24.7 Å². The van der Waals surface area contributed by atoms with Crippen LogP contribution in [0.4, 0.5) is 0 Å². The highest BCUT2D eigenvalue weighted by atomic mass is 35.5. The third kappa shape index (κ3) is 2.06. The van der Waals surface area contributed by atoms with E-state index in [-0.39, 0.29) is 0 Å². The molecule has 0 radical (unpaired) electrons. The van der Waals surface area contributed by atoms with Crippen LogP contribution in [0.5, 0.6) is 5.75 Å². The third-order valence-electron chi connectivity index (χ3n) is 3.72. The molecule has 0 spiro atoms. The number of hydrogen-bond donors (Lipinski definition) is 0. The van der Waals surface area contributed by atoms with Crippen molar-refractivity contribution in [1.82, 2.24) is 0 Å². The van der Waals surface area contributed by atoms with Crippen LogP contribution < -0.4 is 4.74 Å². The van der Waals surface area contributed by atoms with Crippen LogP contribution in [-0.2, 0) is 0 Å². The van der Waals surface area contributed by atoms with Crippen molar-refractivity contribution in [2.24, 2.45) is 5.92 Å². The van der Waals surface area contributed by atoms with Gasteiger partial charge in [0.05, 0.1) is 6.61 Å². The Labute approximate surface area is 102 Å². The van der Waals surface area contributed by atoms with E-state index >= 15 is 0 Å². The normalized spacial score (nSPS) is 24.9. The highest BCUT2D eigenvalue weighted by molar-refractivity contribution is 6.20. The van der Waals surface area contributed by atoms with E-state index < -0.39 is 0 Å². The van der Waals surface area contributed by atoms with E-state index in [1.807, 2.05) is 6.07 Å². The number of fused-ring (bicyclic) bond motifs is 1. The number of rotatable bonds is 4. The fourth-order valence-corrected chi connectivity index (χ4v) is 2.90. The largest absolute Gasteiger partial charge is 0.493 e. The maximum atomic E-state index is 6.34. The summed E-state index contributed by atoms with van der Waals surface area (Å²) in [5, 5.41) is 0.396. The minimum absolute atomic E-state index is 0.396. The van der Waals surface area contributed by atoms with Gasteiger partial charge in [-0.2, -0.15) is 0 Å². The van der Waals surface area contributed by atoms with Crippen molar-refractivity contribution >= 4 is 11.6 Å². The minimum Gasteiger partial charge on any atom is -0.493 e. The molecule has 0 amide bonds. The molecule has 2 heteroatoms. The molecule has 1 fully saturated rings. The number of alkyl halides is 1. The lowest BCUT2D eigenvalue weighted by Crippen LogP contribution is -2.07. The standard InChI is InChI=1S/C14H17ClO/c15-13(10-5-6-10)8-7-11-9-16-14-4-2-1-3-12(11)14/h1-4,10-11,13H,5-9H2. The van der Waals surface area contributed by atoms with E-state index in [1.165, 1.54) is 24.8 Å². The van der Waals surface area contributed by atoms with Crippen molar-refractivity contribution in [2.75, 3.05) is 6.61 Å². The zero-order valence-electron chi connectivity index (χ0n) is 9.36. The predicted molar refractivity (Wildman–Crippen MR) is 66.3 cm³/mol. The van der Waals surface area contributed by atoms with Crippen molar-refractivity contribution in [3.63, 3.8) is 0 Å². The fourth-order valence-electron chi connectivity index (χ4n) is 2.52. The Balaban J connectivity index is 1.60. The Bertz CT molecular complexity index is 373. The summed E-state index contributed by atoms with van der Waals surface area (Å²) in [5.74, 6) is 2.44. The fraction of sp³-hybridized carbons (Fsp3) is 0.571. The molecule has 1 heterocycles. The summed E-state index contributed by atoms with van der Waals surface area (Å²) in [7, 11) is 0. The molecule has 1 saturated carbocycles. The van der Waals surface area contributed by atoms with Crippen LogP contribution in [0, 0.1) is 5.92 Å². The van der Waals surface area contributed by atoms with Crippen LogP contribution in [0.1, 0.15) is 37.2 Å². The first-order valence-electron chi connectivity index (χ1n) is 6.20. The molecule has 2 unspecified atom stereocenters. The van der Waals surface area contributed by atoms with Gasteiger partial charge in [0, 0.05) is 16.9 Å². The minimum atomic E-state index is 0.396. The Morgan fingerprint density at radius 1 is 1.31 bits per heavy atom. The van der Waals surface area contributed by atoms with Gasteiger partial charge in [-0.3, -0.25) is 0 Å². The molecular weight excluding hydrogens is 220 g/mol. The first kappa shape index (κ1) is 10.5. The van der Waals surface area contributed by atoms with Crippen LogP contribution in [0.15, 0.2) is 24.3 Å². The average molecular weight is 237 g/mol. The van der Waals surface area contributed by atoms with E-state index in [4.69, 9.17) is 16.3 Å². The van der Waals surface area contributed by atoms with Crippen molar-refractivity contribution in [3.8, 4) is 5.75 Å². The van der Waals surface area contributed by atoms with Crippen LogP contribution in [0.3, 0.4) is 0 Å². The van der Waals surface area contributed by atoms with Crippen molar-refractivity contribution in [1.29, 1.82) is 0 Å². The SMILES string of the molecule is ClC(CCC1COc2ccccc21)C1CC1. The highest BCUT2D eigenvalue weighted by Crippen LogP contribution is 2.41. The van der Waals surface area contributed by atoms with Crippen LogP contribution in [0.25, 0.3) is 0 Å². The van der Waals surface area contributed by atoms with Gasteiger partial charge in [0.25, 0.3) is 0 Å². The lowest BCUT2D eigenvalue weighted by atomic mass is 9.95. The summed E-state index contributed by atoms with van der Waals surface area (Å²) in [5.41, 5.74) is 1.38. The third-order valence-corrected chi connectivity index (χ3v) is 4.30. The molecule has 1 aromatic rings. The first-order chi connectivity index (χ1) is 7.84. The van der Waals surface area contributed by atoms with Crippen molar-refractivity contribution < 1.29 is 4.74 Å². The van der Waals surface area contributed by atoms with Crippen LogP contribution in [0.2, 0.25) is 0 Å². The number of benzene rings is 1. The summed E-state index contributed by atoms with van der Waals surface area (Å²) in [4.78, 5) is 0. The summed E-state index contributed by atoms with van der Waals surface area (Å²) in [6, 6.07) is 8.39. The summed E-state index contributed by atoms with van der Waals surface area (Å²) >= 11 is 6.34. The lowest BCUT2D eigenvalue weighted by Gasteiger charge is -2.11. The molecule has 0 N–H and O–H groups in total. The van der Waals surface area contributed by atoms with Gasteiger partial charge < -0.3 is 4.74 Å². The molecule has 1 aliphatic heterocycles. The second-order valence-corrected chi connectivity index (χ2v) is 5.54. The topological polar surface area (TPSA) is 9.23 Å². The Morgan fingerprint density at radius 2 is 2.12 bits per heavy atom. The van der Waals surface area contributed by atoms with E-state index in [2.05, 4.69) is 18.2 Å². The highest BCUT2D eigenvalue weighted by Gasteiger charge is 2.31. The molecular formula is C14H17ClO. The smallest absolute Gasteiger partial charge is 0.122 e. The van der Waals surface area contributed by atoms with Gasteiger partial charge in [0.1, 0.15) is 5.75 Å². The molecule has 1 aliphatic carbocycles. The van der Waals surface area contributed by atoms with Crippen LogP contribution in [-0.4, -0.2) is 12.0 Å². The summed E-state index contributed by atoms with van der Waals surface area (Å²) in [6.45, 7) is 0.841. The van der Waals surface area contributed by atoms with Crippen molar-refractivity contribution in [2.45, 2.75) is 37.0 Å². The quantitative estimate of drug-likeness (QED) is 0.719. The Hall–Kier alpha value is -0.690. The molecule has 2 aliphatic rings. The van der Waals surface area contributed by atoms with Gasteiger partial charge in [-0.1, -0.05) is 18.2 Å². The van der Waals surface area contributed by atoms with Gasteiger partial charge in [-0.25, -0.2) is 0 Å². The Kier molecular flexibility index (Phi) is 2.81. The zero-order chi connectivity index (χ0) is 11.0. The maximum Gasteiger partial charge on any atom is 0.122 e. The molecule has 0 aromatic heterocycles. The van der Waals surface area contributed by atoms with Gasteiger partial charge >= 0.3 is 0 Å². The predicted octanol–water partition coefficient (Wildman–Crippen LogP) is 3.96. The average Bonchev–Trinajstić information content (AvgIpc) is 3.08. The van der Waals surface area contributed by atoms with Crippen molar-refractivity contribution in [3.05, 3.63) is 29.8 Å².